The minimum atomic E-state index is -3.78. The summed E-state index contributed by atoms with van der Waals surface area (Å²) in [6, 6.07) is 17.6. The maximum absolute atomic E-state index is 13.4. The van der Waals surface area contributed by atoms with E-state index in [0.717, 1.165) is 16.7 Å². The largest absolute Gasteiger partial charge is 0.494 e. The first kappa shape index (κ1) is 21.3. The summed E-state index contributed by atoms with van der Waals surface area (Å²) >= 11 is 0. The second-order valence-electron chi connectivity index (χ2n) is 7.75. The number of methoxy groups -OCH3 is 1. The van der Waals surface area contributed by atoms with Crippen LogP contribution in [0.3, 0.4) is 0 Å². The van der Waals surface area contributed by atoms with Crippen LogP contribution in [0.1, 0.15) is 28.5 Å². The van der Waals surface area contributed by atoms with Crippen molar-refractivity contribution in [3.8, 4) is 11.4 Å². The quantitative estimate of drug-likeness (QED) is 0.473. The van der Waals surface area contributed by atoms with Crippen molar-refractivity contribution in [2.45, 2.75) is 24.1 Å². The molecule has 0 saturated carbocycles. The van der Waals surface area contributed by atoms with Gasteiger partial charge in [0, 0.05) is 37.7 Å². The Morgan fingerprint density at radius 2 is 1.82 bits per heavy atom. The molecule has 0 amide bonds. The molecule has 9 heteroatoms. The van der Waals surface area contributed by atoms with Crippen LogP contribution >= 0.6 is 0 Å². The Labute approximate surface area is 191 Å². The Bertz CT molecular complexity index is 1390. The van der Waals surface area contributed by atoms with Gasteiger partial charge in [-0.3, -0.25) is 4.98 Å². The van der Waals surface area contributed by atoms with Crippen molar-refractivity contribution >= 4 is 10.0 Å². The van der Waals surface area contributed by atoms with Gasteiger partial charge in [0.15, 0.2) is 0 Å². The number of aliphatic hydroxyl groups excluding tert-OH is 1. The van der Waals surface area contributed by atoms with Crippen LogP contribution in [0.5, 0.6) is 5.75 Å². The highest BCUT2D eigenvalue weighted by atomic mass is 32.2. The van der Waals surface area contributed by atoms with Crippen LogP contribution in [0.25, 0.3) is 5.69 Å². The van der Waals surface area contributed by atoms with Gasteiger partial charge in [-0.05, 0) is 41.0 Å². The number of hydrogen-bond donors (Lipinski definition) is 1. The standard InChI is InChI=1S/C24H22N4O4S/c1-32-23-13-20(8-9-22(23)28-11-5-10-26-28)33(30,31)27-15-18-12-21(25-14-19(18)16-27)24(29)17-6-3-2-4-7-17/h2-14,24,29H,15-16H2,1H3. The summed E-state index contributed by atoms with van der Waals surface area (Å²) < 4.78 is 35.2. The molecule has 1 N–H and O–H groups in total. The number of aromatic nitrogens is 3. The lowest BCUT2D eigenvalue weighted by atomic mass is 10.0. The zero-order chi connectivity index (χ0) is 23.0. The Morgan fingerprint density at radius 3 is 2.55 bits per heavy atom. The Kier molecular flexibility index (Phi) is 5.45. The van der Waals surface area contributed by atoms with Crippen LogP contribution in [-0.2, 0) is 23.1 Å². The minimum absolute atomic E-state index is 0.139. The number of nitrogens with zero attached hydrogens (tertiary/aromatic N) is 4. The molecular weight excluding hydrogens is 440 g/mol. The number of hydrogen-bond acceptors (Lipinski definition) is 6. The molecule has 0 saturated heterocycles. The fraction of sp³-hybridized carbons (Fsp3) is 0.167. The van der Waals surface area contributed by atoms with Gasteiger partial charge in [-0.1, -0.05) is 30.3 Å². The van der Waals surface area contributed by atoms with E-state index in [2.05, 4.69) is 10.1 Å². The lowest BCUT2D eigenvalue weighted by molar-refractivity contribution is 0.215. The zero-order valence-corrected chi connectivity index (χ0v) is 18.7. The topological polar surface area (TPSA) is 97.5 Å². The van der Waals surface area contributed by atoms with E-state index in [1.165, 1.54) is 17.5 Å². The first-order chi connectivity index (χ1) is 16.0. The Balaban J connectivity index is 1.41. The smallest absolute Gasteiger partial charge is 0.243 e. The molecule has 5 rings (SSSR count). The fourth-order valence-corrected chi connectivity index (χ4v) is 5.38. The SMILES string of the molecule is COc1cc(S(=O)(=O)N2Cc3cnc(C(O)c4ccccc4)cc3C2)ccc1-n1cccn1. The normalized spacial score (nSPS) is 14.7. The van der Waals surface area contributed by atoms with Crippen molar-refractivity contribution in [2.24, 2.45) is 0 Å². The summed E-state index contributed by atoms with van der Waals surface area (Å²) in [5.74, 6) is 0.409. The van der Waals surface area contributed by atoms with Gasteiger partial charge in [0.1, 0.15) is 17.5 Å². The summed E-state index contributed by atoms with van der Waals surface area (Å²) in [6.07, 6.45) is 4.18. The molecule has 168 valence electrons. The summed E-state index contributed by atoms with van der Waals surface area (Å²) in [5.41, 5.74) is 3.53. The Morgan fingerprint density at radius 1 is 1.03 bits per heavy atom. The van der Waals surface area contributed by atoms with Crippen molar-refractivity contribution in [1.29, 1.82) is 0 Å². The summed E-state index contributed by atoms with van der Waals surface area (Å²) in [6.45, 7) is 0.424. The van der Waals surface area contributed by atoms with Crippen LogP contribution in [0.4, 0.5) is 0 Å². The molecule has 2 aromatic heterocycles. The highest BCUT2D eigenvalue weighted by molar-refractivity contribution is 7.89. The maximum atomic E-state index is 13.4. The number of benzene rings is 2. The third-order valence-corrected chi connectivity index (χ3v) is 7.52. The van der Waals surface area contributed by atoms with Gasteiger partial charge in [-0.2, -0.15) is 9.40 Å². The average molecular weight is 463 g/mol. The zero-order valence-electron chi connectivity index (χ0n) is 17.9. The molecular formula is C24H22N4O4S. The molecule has 1 unspecified atom stereocenters. The summed E-state index contributed by atoms with van der Waals surface area (Å²) in [4.78, 5) is 4.52. The van der Waals surface area contributed by atoms with Crippen LogP contribution < -0.4 is 4.74 Å². The molecule has 3 heterocycles. The molecule has 0 bridgehead atoms. The number of sulfonamides is 1. The molecule has 33 heavy (non-hydrogen) atoms. The van der Waals surface area contributed by atoms with E-state index >= 15 is 0 Å². The van der Waals surface area contributed by atoms with Gasteiger partial charge in [0.25, 0.3) is 0 Å². The van der Waals surface area contributed by atoms with Crippen molar-refractivity contribution < 1.29 is 18.3 Å². The number of pyridine rings is 1. The van der Waals surface area contributed by atoms with E-state index in [9.17, 15) is 13.5 Å². The van der Waals surface area contributed by atoms with Gasteiger partial charge >= 0.3 is 0 Å². The molecule has 4 aromatic rings. The molecule has 0 fully saturated rings. The minimum Gasteiger partial charge on any atom is -0.494 e. The van der Waals surface area contributed by atoms with Crippen molar-refractivity contribution in [2.75, 3.05) is 7.11 Å². The van der Waals surface area contributed by atoms with Crippen LogP contribution in [-0.4, -0.2) is 39.7 Å². The molecule has 8 nitrogen and oxygen atoms in total. The van der Waals surface area contributed by atoms with Gasteiger partial charge in [0.2, 0.25) is 10.0 Å². The lowest BCUT2D eigenvalue weighted by Crippen LogP contribution is -2.25. The first-order valence-corrected chi connectivity index (χ1v) is 11.8. The van der Waals surface area contributed by atoms with Crippen molar-refractivity contribution in [3.63, 3.8) is 0 Å². The number of rotatable bonds is 6. The molecule has 2 aromatic carbocycles. The summed E-state index contributed by atoms with van der Waals surface area (Å²) in [7, 11) is -2.28. The van der Waals surface area contributed by atoms with Crippen molar-refractivity contribution in [3.05, 3.63) is 102 Å². The van der Waals surface area contributed by atoms with E-state index in [4.69, 9.17) is 4.74 Å². The van der Waals surface area contributed by atoms with E-state index in [0.29, 0.717) is 17.1 Å². The second kappa shape index (κ2) is 8.43. The van der Waals surface area contributed by atoms with Gasteiger partial charge < -0.3 is 9.84 Å². The van der Waals surface area contributed by atoms with E-state index in [1.807, 2.05) is 30.3 Å². The number of fused-ring (bicyclic) bond motifs is 1. The second-order valence-corrected chi connectivity index (χ2v) is 9.69. The van der Waals surface area contributed by atoms with Gasteiger partial charge in [-0.15, -0.1) is 0 Å². The lowest BCUT2D eigenvalue weighted by Gasteiger charge is -2.17. The van der Waals surface area contributed by atoms with Crippen molar-refractivity contribution in [1.82, 2.24) is 19.1 Å². The van der Waals surface area contributed by atoms with E-state index in [-0.39, 0.29) is 18.0 Å². The predicted molar refractivity (Wildman–Crippen MR) is 121 cm³/mol. The third kappa shape index (κ3) is 3.91. The molecule has 0 radical (unpaired) electrons. The van der Waals surface area contributed by atoms with Gasteiger partial charge in [0.05, 0.1) is 17.7 Å². The molecule has 0 spiro atoms. The van der Waals surface area contributed by atoms with Crippen LogP contribution in [0.15, 0.2) is 84.1 Å². The molecule has 0 aliphatic carbocycles. The third-order valence-electron chi connectivity index (χ3n) is 5.73. The van der Waals surface area contributed by atoms with E-state index < -0.39 is 16.1 Å². The Hall–Kier alpha value is -3.53. The average Bonchev–Trinajstić information content (AvgIpc) is 3.53. The van der Waals surface area contributed by atoms with Crippen LogP contribution in [0.2, 0.25) is 0 Å². The molecule has 1 atom stereocenters. The fourth-order valence-electron chi connectivity index (χ4n) is 3.96. The monoisotopic (exact) mass is 462 g/mol. The first-order valence-electron chi connectivity index (χ1n) is 10.4. The highest BCUT2D eigenvalue weighted by Gasteiger charge is 2.32. The van der Waals surface area contributed by atoms with E-state index in [1.54, 1.807) is 47.5 Å². The number of ether oxygens (including phenoxy) is 1. The molecule has 1 aliphatic rings. The van der Waals surface area contributed by atoms with Crippen LogP contribution in [0, 0.1) is 0 Å². The number of aliphatic hydroxyl groups is 1. The summed E-state index contributed by atoms with van der Waals surface area (Å²) in [5, 5.41) is 14.9. The predicted octanol–water partition coefficient (Wildman–Crippen LogP) is 3.06. The molecule has 1 aliphatic heterocycles. The van der Waals surface area contributed by atoms with Gasteiger partial charge in [-0.25, -0.2) is 13.1 Å². The highest BCUT2D eigenvalue weighted by Crippen LogP contribution is 2.33. The maximum Gasteiger partial charge on any atom is 0.243 e.